The van der Waals surface area contributed by atoms with Gasteiger partial charge < -0.3 is 15.4 Å². The number of anilines is 2. The SMILES string of the molecule is COc1ncccc1CN(C)c1ccncc1N. The number of nitrogen functional groups attached to an aromatic ring is 1. The molecule has 0 unspecified atom stereocenters. The van der Waals surface area contributed by atoms with E-state index in [1.807, 2.05) is 30.1 Å². The summed E-state index contributed by atoms with van der Waals surface area (Å²) in [6, 6.07) is 5.76. The van der Waals surface area contributed by atoms with E-state index in [-0.39, 0.29) is 0 Å². The van der Waals surface area contributed by atoms with Crippen LogP contribution in [0.15, 0.2) is 36.8 Å². The van der Waals surface area contributed by atoms with E-state index in [1.165, 1.54) is 0 Å². The summed E-state index contributed by atoms with van der Waals surface area (Å²) in [5, 5.41) is 0. The Kier molecular flexibility index (Phi) is 3.62. The van der Waals surface area contributed by atoms with Crippen molar-refractivity contribution in [1.29, 1.82) is 0 Å². The van der Waals surface area contributed by atoms with Crippen LogP contribution in [0.2, 0.25) is 0 Å². The molecule has 0 radical (unpaired) electrons. The molecule has 2 heterocycles. The molecule has 2 rings (SSSR count). The lowest BCUT2D eigenvalue weighted by Crippen LogP contribution is -2.18. The van der Waals surface area contributed by atoms with Gasteiger partial charge in [0.05, 0.1) is 24.7 Å². The summed E-state index contributed by atoms with van der Waals surface area (Å²) in [6.07, 6.45) is 5.08. The first kappa shape index (κ1) is 12.2. The average Bonchev–Trinajstić information content (AvgIpc) is 2.39. The van der Waals surface area contributed by atoms with Crippen molar-refractivity contribution < 1.29 is 4.74 Å². The Hall–Kier alpha value is -2.30. The molecule has 0 saturated carbocycles. The molecule has 0 spiro atoms. The first-order valence-corrected chi connectivity index (χ1v) is 5.61. The van der Waals surface area contributed by atoms with Gasteiger partial charge >= 0.3 is 0 Å². The van der Waals surface area contributed by atoms with Crippen molar-refractivity contribution in [1.82, 2.24) is 9.97 Å². The van der Waals surface area contributed by atoms with E-state index in [0.29, 0.717) is 18.1 Å². The maximum absolute atomic E-state index is 5.89. The number of nitrogens with two attached hydrogens (primary N) is 1. The zero-order valence-electron chi connectivity index (χ0n) is 10.5. The Labute approximate surface area is 106 Å². The Morgan fingerprint density at radius 1 is 1.33 bits per heavy atom. The summed E-state index contributed by atoms with van der Waals surface area (Å²) in [5.41, 5.74) is 8.50. The highest BCUT2D eigenvalue weighted by Crippen LogP contribution is 2.23. The first-order chi connectivity index (χ1) is 8.72. The van der Waals surface area contributed by atoms with Crippen molar-refractivity contribution in [3.63, 3.8) is 0 Å². The van der Waals surface area contributed by atoms with E-state index in [1.54, 1.807) is 25.7 Å². The molecule has 0 atom stereocenters. The minimum Gasteiger partial charge on any atom is -0.481 e. The molecule has 0 bridgehead atoms. The number of pyridine rings is 2. The molecule has 18 heavy (non-hydrogen) atoms. The third kappa shape index (κ3) is 2.51. The average molecular weight is 244 g/mol. The van der Waals surface area contributed by atoms with Crippen molar-refractivity contribution in [2.24, 2.45) is 0 Å². The van der Waals surface area contributed by atoms with Crippen LogP contribution < -0.4 is 15.4 Å². The van der Waals surface area contributed by atoms with Gasteiger partial charge in [-0.25, -0.2) is 4.98 Å². The summed E-state index contributed by atoms with van der Waals surface area (Å²) in [6.45, 7) is 0.672. The minimum atomic E-state index is 0.636. The van der Waals surface area contributed by atoms with E-state index in [9.17, 15) is 0 Å². The normalized spacial score (nSPS) is 10.1. The van der Waals surface area contributed by atoms with Crippen LogP contribution in [0.3, 0.4) is 0 Å². The molecule has 0 saturated heterocycles. The number of ether oxygens (including phenoxy) is 1. The van der Waals surface area contributed by atoms with Gasteiger partial charge in [0.25, 0.3) is 0 Å². The molecule has 0 fully saturated rings. The van der Waals surface area contributed by atoms with Crippen LogP contribution in [0.5, 0.6) is 5.88 Å². The lowest BCUT2D eigenvalue weighted by Gasteiger charge is -2.21. The van der Waals surface area contributed by atoms with Gasteiger partial charge in [0, 0.05) is 31.5 Å². The van der Waals surface area contributed by atoms with Gasteiger partial charge in [0.15, 0.2) is 0 Å². The van der Waals surface area contributed by atoms with E-state index < -0.39 is 0 Å². The molecule has 0 aromatic carbocycles. The third-order valence-electron chi connectivity index (χ3n) is 2.69. The Balaban J connectivity index is 2.21. The molecule has 2 aromatic heterocycles. The molecule has 5 heteroatoms. The molecular weight excluding hydrogens is 228 g/mol. The second-order valence-corrected chi connectivity index (χ2v) is 3.96. The summed E-state index contributed by atoms with van der Waals surface area (Å²) < 4.78 is 5.23. The second kappa shape index (κ2) is 5.35. The van der Waals surface area contributed by atoms with Crippen LogP contribution in [0.4, 0.5) is 11.4 Å². The largest absolute Gasteiger partial charge is 0.481 e. The maximum Gasteiger partial charge on any atom is 0.218 e. The molecule has 0 amide bonds. The zero-order chi connectivity index (χ0) is 13.0. The molecule has 5 nitrogen and oxygen atoms in total. The van der Waals surface area contributed by atoms with E-state index >= 15 is 0 Å². The van der Waals surface area contributed by atoms with Gasteiger partial charge in [-0.15, -0.1) is 0 Å². The van der Waals surface area contributed by atoms with Gasteiger partial charge in [-0.3, -0.25) is 4.98 Å². The lowest BCUT2D eigenvalue weighted by molar-refractivity contribution is 0.392. The van der Waals surface area contributed by atoms with E-state index in [2.05, 4.69) is 9.97 Å². The molecule has 94 valence electrons. The van der Waals surface area contributed by atoms with Crippen molar-refractivity contribution in [3.8, 4) is 5.88 Å². The van der Waals surface area contributed by atoms with Crippen LogP contribution in [0.25, 0.3) is 0 Å². The van der Waals surface area contributed by atoms with Gasteiger partial charge in [-0.1, -0.05) is 6.07 Å². The summed E-state index contributed by atoms with van der Waals surface area (Å²) in [7, 11) is 3.59. The van der Waals surface area contributed by atoms with E-state index in [4.69, 9.17) is 10.5 Å². The monoisotopic (exact) mass is 244 g/mol. The Morgan fingerprint density at radius 2 is 2.17 bits per heavy atom. The van der Waals surface area contributed by atoms with Gasteiger partial charge in [0.1, 0.15) is 0 Å². The fraction of sp³-hybridized carbons (Fsp3) is 0.231. The van der Waals surface area contributed by atoms with Crippen molar-refractivity contribution in [2.75, 3.05) is 24.8 Å². The highest BCUT2D eigenvalue weighted by molar-refractivity contribution is 5.65. The summed E-state index contributed by atoms with van der Waals surface area (Å²) in [5.74, 6) is 0.636. The van der Waals surface area contributed by atoms with Crippen LogP contribution in [-0.2, 0) is 6.54 Å². The smallest absolute Gasteiger partial charge is 0.218 e. The topological polar surface area (TPSA) is 64.3 Å². The highest BCUT2D eigenvalue weighted by atomic mass is 16.5. The van der Waals surface area contributed by atoms with Crippen molar-refractivity contribution in [2.45, 2.75) is 6.54 Å². The van der Waals surface area contributed by atoms with Gasteiger partial charge in [-0.2, -0.15) is 0 Å². The molecule has 0 aliphatic carbocycles. The number of rotatable bonds is 4. The van der Waals surface area contributed by atoms with Crippen LogP contribution >= 0.6 is 0 Å². The van der Waals surface area contributed by atoms with Crippen LogP contribution in [-0.4, -0.2) is 24.1 Å². The maximum atomic E-state index is 5.89. The van der Waals surface area contributed by atoms with Crippen LogP contribution in [0, 0.1) is 0 Å². The van der Waals surface area contributed by atoms with Gasteiger partial charge in [-0.05, 0) is 12.1 Å². The minimum absolute atomic E-state index is 0.636. The second-order valence-electron chi connectivity index (χ2n) is 3.96. The number of hydrogen-bond acceptors (Lipinski definition) is 5. The van der Waals surface area contributed by atoms with Gasteiger partial charge in [0.2, 0.25) is 5.88 Å². The predicted octanol–water partition coefficient (Wildman–Crippen LogP) is 1.70. The van der Waals surface area contributed by atoms with Crippen molar-refractivity contribution >= 4 is 11.4 Å². The predicted molar refractivity (Wildman–Crippen MR) is 71.5 cm³/mol. The third-order valence-corrected chi connectivity index (χ3v) is 2.69. The number of aromatic nitrogens is 2. The van der Waals surface area contributed by atoms with Crippen molar-refractivity contribution in [3.05, 3.63) is 42.4 Å². The quantitative estimate of drug-likeness (QED) is 0.886. The number of hydrogen-bond donors (Lipinski definition) is 1. The molecular formula is C13H16N4O. The Bertz CT molecular complexity index is 530. The molecule has 0 aliphatic heterocycles. The Morgan fingerprint density at radius 3 is 2.89 bits per heavy atom. The molecule has 2 aromatic rings. The van der Waals surface area contributed by atoms with E-state index in [0.717, 1.165) is 11.3 Å². The number of nitrogens with zero attached hydrogens (tertiary/aromatic N) is 3. The fourth-order valence-corrected chi connectivity index (χ4v) is 1.82. The lowest BCUT2D eigenvalue weighted by atomic mass is 10.2. The highest BCUT2D eigenvalue weighted by Gasteiger charge is 2.09. The zero-order valence-corrected chi connectivity index (χ0v) is 10.5. The fourth-order valence-electron chi connectivity index (χ4n) is 1.82. The summed E-state index contributed by atoms with van der Waals surface area (Å²) in [4.78, 5) is 10.2. The van der Waals surface area contributed by atoms with Crippen LogP contribution in [0.1, 0.15) is 5.56 Å². The molecule has 0 aliphatic rings. The first-order valence-electron chi connectivity index (χ1n) is 5.61. The number of methoxy groups -OCH3 is 1. The summed E-state index contributed by atoms with van der Waals surface area (Å²) >= 11 is 0. The standard InChI is InChI=1S/C13H16N4O/c1-17(12-5-7-15-8-11(12)14)9-10-4-3-6-16-13(10)18-2/h3-8H,9,14H2,1-2H3. The molecule has 2 N–H and O–H groups in total.